The molecule has 1 aromatic heterocycles. The Morgan fingerprint density at radius 3 is 1.89 bits per heavy atom. The normalized spacial score (nSPS) is 23.0. The Bertz CT molecular complexity index is 2020. The summed E-state index contributed by atoms with van der Waals surface area (Å²) in [5, 5.41) is 46.2. The highest BCUT2D eigenvalue weighted by Gasteiger charge is 2.36. The van der Waals surface area contributed by atoms with Gasteiger partial charge in [0.05, 0.1) is 0 Å². The fraction of sp³-hybridized carbons (Fsp3) is 0.263. The number of aliphatic hydroxyl groups is 2. The molecule has 14 nitrogen and oxygen atoms in total. The van der Waals surface area contributed by atoms with Gasteiger partial charge in [0.2, 0.25) is 17.7 Å². The predicted octanol–water partition coefficient (Wildman–Crippen LogP) is 2.02. The van der Waals surface area contributed by atoms with Crippen LogP contribution in [-0.4, -0.2) is 87.2 Å². The molecule has 0 radical (unpaired) electrons. The van der Waals surface area contributed by atoms with Gasteiger partial charge in [0.1, 0.15) is 24.2 Å². The van der Waals surface area contributed by atoms with Crippen LogP contribution in [-0.2, 0) is 54.5 Å². The fourth-order valence-corrected chi connectivity index (χ4v) is 6.99. The third-order valence-electron chi connectivity index (χ3n) is 8.72. The predicted molar refractivity (Wildman–Crippen MR) is 204 cm³/mol. The Hall–Kier alpha value is -5.32. The number of aliphatic hydroxyl groups excluding tert-OH is 2. The topological polar surface area (TPSA) is 223 Å². The van der Waals surface area contributed by atoms with E-state index in [1.54, 1.807) is 53.9 Å². The number of thiophene rings is 1. The molecular weight excluding hydrogens is 773 g/mol. The van der Waals surface area contributed by atoms with E-state index in [0.29, 0.717) is 26.6 Å². The van der Waals surface area contributed by atoms with Crippen LogP contribution in [0.15, 0.2) is 90.3 Å². The molecule has 2 bridgehead atoms. The summed E-state index contributed by atoms with van der Waals surface area (Å²) in [6.07, 6.45) is -5.16. The van der Waals surface area contributed by atoms with E-state index in [2.05, 4.69) is 26.6 Å². The highest BCUT2D eigenvalue weighted by molar-refractivity contribution is 7.09. The highest BCUT2D eigenvalue weighted by Crippen LogP contribution is 2.23. The molecule has 2 aliphatic heterocycles. The Labute approximate surface area is 329 Å². The minimum Gasteiger partial charge on any atom is -0.480 e. The van der Waals surface area contributed by atoms with Crippen molar-refractivity contribution in [2.45, 2.75) is 62.1 Å². The summed E-state index contributed by atoms with van der Waals surface area (Å²) in [5.41, 5.74) is 1.62. The summed E-state index contributed by atoms with van der Waals surface area (Å²) >= 11 is 13.8. The molecule has 0 aliphatic carbocycles. The highest BCUT2D eigenvalue weighted by atomic mass is 35.5. The van der Waals surface area contributed by atoms with Gasteiger partial charge < -0.3 is 41.9 Å². The first-order valence-corrected chi connectivity index (χ1v) is 18.6. The zero-order chi connectivity index (χ0) is 39.6. The molecule has 288 valence electrons. The van der Waals surface area contributed by atoms with E-state index in [1.165, 1.54) is 47.7 Å². The second-order valence-electron chi connectivity index (χ2n) is 12.8. The van der Waals surface area contributed by atoms with Gasteiger partial charge in [0.15, 0.2) is 12.2 Å². The van der Waals surface area contributed by atoms with Gasteiger partial charge in [-0.2, -0.15) is 0 Å². The van der Waals surface area contributed by atoms with Crippen LogP contribution in [0.4, 0.5) is 5.69 Å². The summed E-state index contributed by atoms with van der Waals surface area (Å²) in [4.78, 5) is 81.3. The van der Waals surface area contributed by atoms with Gasteiger partial charge in [-0.15, -0.1) is 11.3 Å². The number of carboxylic acids is 1. The number of benzene rings is 3. The minimum absolute atomic E-state index is 0.0568. The zero-order valence-corrected chi connectivity index (χ0v) is 31.2. The van der Waals surface area contributed by atoms with Crippen LogP contribution in [0.25, 0.3) is 0 Å². The minimum atomic E-state index is -2.31. The number of halogens is 2. The third kappa shape index (κ3) is 11.3. The lowest BCUT2D eigenvalue weighted by Crippen LogP contribution is -2.60. The number of carbonyl (C=O) groups is 6. The second kappa shape index (κ2) is 18.8. The molecule has 6 atom stereocenters. The molecule has 2 aliphatic rings. The van der Waals surface area contributed by atoms with Gasteiger partial charge in [-0.25, -0.2) is 4.79 Å². The summed E-state index contributed by atoms with van der Waals surface area (Å²) in [7, 11) is 0. The Morgan fingerprint density at radius 2 is 1.27 bits per heavy atom. The number of carbonyl (C=O) groups excluding carboxylic acids is 5. The molecule has 0 spiro atoms. The monoisotopic (exact) mass is 809 g/mol. The molecular formula is C38H37Cl2N5O9S. The van der Waals surface area contributed by atoms with Crippen molar-refractivity contribution in [3.8, 4) is 0 Å². The fourth-order valence-electron chi connectivity index (χ4n) is 5.75. The average Bonchev–Trinajstić information content (AvgIpc) is 3.68. The van der Waals surface area contributed by atoms with Crippen molar-refractivity contribution in [3.63, 3.8) is 0 Å². The summed E-state index contributed by atoms with van der Waals surface area (Å²) in [5.74, 6) is -6.31. The van der Waals surface area contributed by atoms with Crippen LogP contribution in [0.1, 0.15) is 21.6 Å². The van der Waals surface area contributed by atoms with Gasteiger partial charge in [-0.3, -0.25) is 24.0 Å². The quantitative estimate of drug-likeness (QED) is 0.128. The molecule has 0 saturated carbocycles. The molecule has 4 aromatic rings. The zero-order valence-electron chi connectivity index (χ0n) is 28.9. The van der Waals surface area contributed by atoms with E-state index in [4.69, 9.17) is 23.2 Å². The number of hydrogen-bond acceptors (Lipinski definition) is 9. The Morgan fingerprint density at radius 1 is 0.673 bits per heavy atom. The molecule has 0 unspecified atom stereocenters. The van der Waals surface area contributed by atoms with Crippen molar-refractivity contribution in [3.05, 3.63) is 122 Å². The molecule has 0 saturated heterocycles. The number of hydrogen-bond donors (Lipinski definition) is 8. The van der Waals surface area contributed by atoms with E-state index >= 15 is 0 Å². The van der Waals surface area contributed by atoms with Gasteiger partial charge in [0, 0.05) is 46.3 Å². The molecule has 3 heterocycles. The number of aliphatic carboxylic acids is 1. The lowest BCUT2D eigenvalue weighted by Gasteiger charge is -2.27. The third-order valence-corrected chi connectivity index (χ3v) is 10.2. The molecule has 6 rings (SSSR count). The van der Waals surface area contributed by atoms with Crippen molar-refractivity contribution in [2.24, 2.45) is 0 Å². The smallest absolute Gasteiger partial charge is 0.326 e. The maximum Gasteiger partial charge on any atom is 0.326 e. The Kier molecular flexibility index (Phi) is 14.0. The number of rotatable bonds is 7. The maximum atomic E-state index is 14.2. The van der Waals surface area contributed by atoms with Gasteiger partial charge in [-0.1, -0.05) is 77.8 Å². The lowest BCUT2D eigenvalue weighted by molar-refractivity contribution is -0.145. The molecule has 5 amide bonds. The SMILES string of the molecule is O=C1N[C@H](Cc2ccccc2)C(=O)N[C@@H](C(=O)O)Cc2ccc(cc2)NC(=O)[C@H](O)[C@@H](O)C(=O)N[C@H](Cc2cccs2)C(=O)N[C@H]1Cc1ccc(Cl)cc1Cl. The molecule has 8 N–H and O–H groups in total. The number of amides is 5. The number of anilines is 1. The summed E-state index contributed by atoms with van der Waals surface area (Å²) in [6, 6.07) is 16.7. The van der Waals surface area contributed by atoms with Crippen molar-refractivity contribution in [1.82, 2.24) is 21.3 Å². The van der Waals surface area contributed by atoms with Crippen molar-refractivity contribution >= 4 is 75.7 Å². The summed E-state index contributed by atoms with van der Waals surface area (Å²) in [6.45, 7) is 0. The van der Waals surface area contributed by atoms with Crippen LogP contribution in [0, 0.1) is 0 Å². The molecule has 17 heteroatoms. The van der Waals surface area contributed by atoms with E-state index < -0.39 is 71.9 Å². The summed E-state index contributed by atoms with van der Waals surface area (Å²) < 4.78 is 0. The number of fused-ring (bicyclic) bond motifs is 18. The van der Waals surface area contributed by atoms with E-state index in [9.17, 15) is 44.1 Å². The van der Waals surface area contributed by atoms with E-state index in [0.717, 1.165) is 0 Å². The van der Waals surface area contributed by atoms with Crippen LogP contribution in [0.5, 0.6) is 0 Å². The maximum absolute atomic E-state index is 14.2. The Balaban J connectivity index is 1.55. The van der Waals surface area contributed by atoms with Crippen LogP contribution in [0.2, 0.25) is 10.0 Å². The van der Waals surface area contributed by atoms with Gasteiger partial charge in [0.25, 0.3) is 11.8 Å². The van der Waals surface area contributed by atoms with Crippen molar-refractivity contribution < 1.29 is 44.1 Å². The average molecular weight is 811 g/mol. The first-order valence-electron chi connectivity index (χ1n) is 17.0. The van der Waals surface area contributed by atoms with Gasteiger partial charge >= 0.3 is 5.97 Å². The largest absolute Gasteiger partial charge is 0.480 e. The van der Waals surface area contributed by atoms with Crippen LogP contribution in [0.3, 0.4) is 0 Å². The van der Waals surface area contributed by atoms with E-state index in [-0.39, 0.29) is 36.4 Å². The van der Waals surface area contributed by atoms with Crippen molar-refractivity contribution in [2.75, 3.05) is 5.32 Å². The second-order valence-corrected chi connectivity index (χ2v) is 14.7. The van der Waals surface area contributed by atoms with Crippen LogP contribution < -0.4 is 26.6 Å². The first-order chi connectivity index (χ1) is 26.3. The standard InChI is InChI=1S/C38H37Cl2N5O9S/c39-23-11-10-22(26(40)18-23)17-28-34(49)42-27(15-20-5-2-1-3-6-20)33(48)45-30(38(53)54)16-21-8-12-24(13-9-21)41-36(51)31(46)32(47)37(52)44-29(35(50)43-28)19-25-7-4-14-55-25/h1-14,18,27-32,46-47H,15-17,19H2,(H,41,51)(H,42,49)(H,43,50)(H,44,52)(H,45,48)(H,53,54)/t27-,28+,29-,30-,31-,32-/m1/s1. The van der Waals surface area contributed by atoms with Gasteiger partial charge in [-0.05, 0) is 52.4 Å². The van der Waals surface area contributed by atoms with Crippen molar-refractivity contribution in [1.29, 1.82) is 0 Å². The number of nitrogens with one attached hydrogen (secondary N) is 5. The van der Waals surface area contributed by atoms with Crippen LogP contribution >= 0.6 is 34.5 Å². The number of carboxylic acid groups (broad SMARTS) is 1. The molecule has 3 aromatic carbocycles. The first kappa shape index (κ1) is 40.9. The van der Waals surface area contributed by atoms with E-state index in [1.807, 2.05) is 0 Å². The molecule has 0 fully saturated rings. The molecule has 55 heavy (non-hydrogen) atoms. The lowest BCUT2D eigenvalue weighted by atomic mass is 10.0.